The van der Waals surface area contributed by atoms with Gasteiger partial charge < -0.3 is 5.32 Å². The lowest BCUT2D eigenvalue weighted by molar-refractivity contribution is 0.0925. The van der Waals surface area contributed by atoms with Gasteiger partial charge in [-0.15, -0.1) is 15.3 Å². The minimum Gasteiger partial charge on any atom is -0.343 e. The summed E-state index contributed by atoms with van der Waals surface area (Å²) in [5.74, 6) is 0.170. The molecular formula is C14H15N7O. The molecule has 2 heterocycles. The molecule has 22 heavy (non-hydrogen) atoms. The van der Waals surface area contributed by atoms with Crippen molar-refractivity contribution in [3.8, 4) is 5.95 Å². The number of carbonyl (C=O) groups excluding carboxylic acids is 1. The van der Waals surface area contributed by atoms with Crippen LogP contribution in [0.4, 0.5) is 0 Å². The Morgan fingerprint density at radius 2 is 2.00 bits per heavy atom. The van der Waals surface area contributed by atoms with E-state index in [4.69, 9.17) is 0 Å². The third-order valence-electron chi connectivity index (χ3n) is 3.25. The molecule has 0 radical (unpaired) electrons. The van der Waals surface area contributed by atoms with Gasteiger partial charge in [0, 0.05) is 0 Å². The molecule has 0 bridgehead atoms. The Morgan fingerprint density at radius 3 is 2.68 bits per heavy atom. The molecule has 0 spiro atoms. The van der Waals surface area contributed by atoms with E-state index in [1.807, 2.05) is 37.3 Å². The molecule has 0 aliphatic heterocycles. The van der Waals surface area contributed by atoms with Gasteiger partial charge in [-0.3, -0.25) is 14.5 Å². The van der Waals surface area contributed by atoms with Crippen LogP contribution in [0.3, 0.4) is 0 Å². The number of carbonyl (C=O) groups is 1. The lowest BCUT2D eigenvalue weighted by atomic mass is 10.0. The van der Waals surface area contributed by atoms with Crippen molar-refractivity contribution >= 4 is 5.91 Å². The van der Waals surface area contributed by atoms with Gasteiger partial charge in [0.25, 0.3) is 11.9 Å². The first-order chi connectivity index (χ1) is 10.8. The summed E-state index contributed by atoms with van der Waals surface area (Å²) < 4.78 is 1.52. The highest BCUT2D eigenvalue weighted by Crippen LogP contribution is 2.16. The Balaban J connectivity index is 1.74. The normalized spacial score (nSPS) is 12.0. The second kappa shape index (κ2) is 6.17. The maximum absolute atomic E-state index is 12.3. The van der Waals surface area contributed by atoms with E-state index < -0.39 is 0 Å². The fraction of sp³-hybridized carbons (Fsp3) is 0.214. The van der Waals surface area contributed by atoms with Gasteiger partial charge in [0.05, 0.1) is 6.04 Å². The van der Waals surface area contributed by atoms with E-state index in [0.717, 1.165) is 12.0 Å². The van der Waals surface area contributed by atoms with Gasteiger partial charge in [-0.25, -0.2) is 0 Å². The fourth-order valence-corrected chi connectivity index (χ4v) is 2.11. The largest absolute Gasteiger partial charge is 0.343 e. The van der Waals surface area contributed by atoms with Crippen molar-refractivity contribution < 1.29 is 4.79 Å². The third kappa shape index (κ3) is 2.85. The van der Waals surface area contributed by atoms with Gasteiger partial charge in [-0.2, -0.15) is 4.98 Å². The predicted molar refractivity (Wildman–Crippen MR) is 78.2 cm³/mol. The Morgan fingerprint density at radius 1 is 1.27 bits per heavy atom. The highest BCUT2D eigenvalue weighted by molar-refractivity contribution is 5.90. The van der Waals surface area contributed by atoms with Crippen LogP contribution in [0.5, 0.6) is 0 Å². The minimum absolute atomic E-state index is 0.0721. The Hall–Kier alpha value is -3.03. The van der Waals surface area contributed by atoms with Crippen LogP contribution < -0.4 is 5.32 Å². The summed E-state index contributed by atoms with van der Waals surface area (Å²) in [6, 6.07) is 9.73. The van der Waals surface area contributed by atoms with Crippen LogP contribution >= 0.6 is 0 Å². The van der Waals surface area contributed by atoms with E-state index in [-0.39, 0.29) is 17.8 Å². The molecule has 112 valence electrons. The Labute approximate surface area is 126 Å². The first kappa shape index (κ1) is 13.9. The molecule has 1 atom stereocenters. The topological polar surface area (TPSA) is 101 Å². The number of H-pyrrole nitrogens is 1. The van der Waals surface area contributed by atoms with Crippen LogP contribution in [0.2, 0.25) is 0 Å². The lowest BCUT2D eigenvalue weighted by Crippen LogP contribution is -2.29. The molecule has 0 aliphatic carbocycles. The van der Waals surface area contributed by atoms with E-state index >= 15 is 0 Å². The summed E-state index contributed by atoms with van der Waals surface area (Å²) in [5.41, 5.74) is 1.05. The van der Waals surface area contributed by atoms with Crippen molar-refractivity contribution in [2.45, 2.75) is 19.4 Å². The zero-order valence-corrected chi connectivity index (χ0v) is 12.0. The van der Waals surface area contributed by atoms with E-state index in [1.54, 1.807) is 0 Å². The summed E-state index contributed by atoms with van der Waals surface area (Å²) in [6.45, 7) is 2.01. The second-order valence-corrected chi connectivity index (χ2v) is 4.70. The summed E-state index contributed by atoms with van der Waals surface area (Å²) in [4.78, 5) is 16.4. The Kier molecular flexibility index (Phi) is 3.90. The number of amides is 1. The number of nitrogens with one attached hydrogen (secondary N) is 2. The summed E-state index contributed by atoms with van der Waals surface area (Å²) in [5, 5.41) is 16.9. The molecule has 3 rings (SSSR count). The molecular weight excluding hydrogens is 282 g/mol. The molecule has 3 aromatic rings. The highest BCUT2D eigenvalue weighted by Gasteiger charge is 2.17. The molecule has 0 unspecified atom stereocenters. The number of hydrogen-bond donors (Lipinski definition) is 2. The molecule has 8 heteroatoms. The Bertz CT molecular complexity index is 736. The highest BCUT2D eigenvalue weighted by atomic mass is 16.2. The molecule has 0 fully saturated rings. The molecule has 2 N–H and O–H groups in total. The number of nitrogens with zero attached hydrogens (tertiary/aromatic N) is 5. The van der Waals surface area contributed by atoms with Crippen LogP contribution in [0.25, 0.3) is 5.95 Å². The minimum atomic E-state index is -0.303. The molecule has 2 aromatic heterocycles. The maximum atomic E-state index is 12.3. The SMILES string of the molecule is CC[C@H](NC(=O)c1nc(-n2cnnc2)n[nH]1)c1ccccc1. The molecule has 1 amide bonds. The number of aromatic amines is 1. The van der Waals surface area contributed by atoms with Crippen molar-refractivity contribution in [3.05, 3.63) is 54.4 Å². The first-order valence-electron chi connectivity index (χ1n) is 6.91. The van der Waals surface area contributed by atoms with E-state index in [1.165, 1.54) is 17.2 Å². The van der Waals surface area contributed by atoms with Crippen molar-refractivity contribution in [1.82, 2.24) is 35.3 Å². The van der Waals surface area contributed by atoms with Crippen molar-refractivity contribution in [2.24, 2.45) is 0 Å². The van der Waals surface area contributed by atoms with Gasteiger partial charge in [0.2, 0.25) is 5.82 Å². The monoisotopic (exact) mass is 297 g/mol. The van der Waals surface area contributed by atoms with Gasteiger partial charge >= 0.3 is 0 Å². The summed E-state index contributed by atoms with van der Waals surface area (Å²) in [6.07, 6.45) is 3.70. The zero-order chi connectivity index (χ0) is 15.4. The molecule has 1 aromatic carbocycles. The fourth-order valence-electron chi connectivity index (χ4n) is 2.11. The molecule has 8 nitrogen and oxygen atoms in total. The van der Waals surface area contributed by atoms with Gasteiger partial charge in [0.1, 0.15) is 12.7 Å². The quantitative estimate of drug-likeness (QED) is 0.738. The van der Waals surface area contributed by atoms with Crippen LogP contribution in [0.1, 0.15) is 35.6 Å². The smallest absolute Gasteiger partial charge is 0.289 e. The molecule has 0 saturated carbocycles. The molecule has 0 aliphatic rings. The summed E-state index contributed by atoms with van der Waals surface area (Å²) >= 11 is 0. The standard InChI is InChI=1S/C14H15N7O/c1-2-11(10-6-4-3-5-7-10)17-13(22)12-18-14(20-19-12)21-8-15-16-9-21/h3-9,11H,2H2,1H3,(H,17,22)(H,18,19,20)/t11-/m0/s1. The number of rotatable bonds is 5. The zero-order valence-electron chi connectivity index (χ0n) is 12.0. The van der Waals surface area contributed by atoms with E-state index in [9.17, 15) is 4.79 Å². The van der Waals surface area contributed by atoms with Crippen LogP contribution in [-0.2, 0) is 0 Å². The van der Waals surface area contributed by atoms with Crippen molar-refractivity contribution in [3.63, 3.8) is 0 Å². The van der Waals surface area contributed by atoms with Crippen molar-refractivity contribution in [2.75, 3.05) is 0 Å². The second-order valence-electron chi connectivity index (χ2n) is 4.70. The van der Waals surface area contributed by atoms with E-state index in [2.05, 4.69) is 30.7 Å². The van der Waals surface area contributed by atoms with Crippen molar-refractivity contribution in [1.29, 1.82) is 0 Å². The molecule has 0 saturated heterocycles. The third-order valence-corrected chi connectivity index (χ3v) is 3.25. The van der Waals surface area contributed by atoms with Gasteiger partial charge in [0.15, 0.2) is 0 Å². The van der Waals surface area contributed by atoms with E-state index in [0.29, 0.717) is 5.95 Å². The number of hydrogen-bond acceptors (Lipinski definition) is 5. The van der Waals surface area contributed by atoms with Crippen LogP contribution in [0, 0.1) is 0 Å². The predicted octanol–water partition coefficient (Wildman–Crippen LogP) is 1.27. The maximum Gasteiger partial charge on any atom is 0.289 e. The van der Waals surface area contributed by atoms with Crippen LogP contribution in [0.15, 0.2) is 43.0 Å². The number of aromatic nitrogens is 6. The lowest BCUT2D eigenvalue weighted by Gasteiger charge is -2.16. The van der Waals surface area contributed by atoms with Gasteiger partial charge in [-0.05, 0) is 12.0 Å². The van der Waals surface area contributed by atoms with Crippen LogP contribution in [-0.4, -0.2) is 35.9 Å². The average molecular weight is 297 g/mol. The summed E-state index contributed by atoms with van der Waals surface area (Å²) in [7, 11) is 0. The average Bonchev–Trinajstić information content (AvgIpc) is 3.23. The first-order valence-corrected chi connectivity index (χ1v) is 6.91. The number of benzene rings is 1. The van der Waals surface area contributed by atoms with Gasteiger partial charge in [-0.1, -0.05) is 37.3 Å².